The summed E-state index contributed by atoms with van der Waals surface area (Å²) in [6.07, 6.45) is 1.52. The van der Waals surface area contributed by atoms with E-state index in [-0.39, 0.29) is 24.5 Å². The molecule has 0 spiro atoms. The number of ether oxygens (including phenoxy) is 2. The lowest BCUT2D eigenvalue weighted by Crippen LogP contribution is -2.28. The Kier molecular flexibility index (Phi) is 4.84. The van der Waals surface area contributed by atoms with Crippen molar-refractivity contribution in [3.05, 3.63) is 70.2 Å². The maximum absolute atomic E-state index is 12.8. The first-order chi connectivity index (χ1) is 14.7. The van der Waals surface area contributed by atoms with Gasteiger partial charge in [0.25, 0.3) is 5.91 Å². The van der Waals surface area contributed by atoms with Crippen LogP contribution in [0.25, 0.3) is 0 Å². The van der Waals surface area contributed by atoms with Crippen LogP contribution in [0.4, 0.5) is 5.13 Å². The van der Waals surface area contributed by atoms with E-state index in [4.69, 9.17) is 9.47 Å². The van der Waals surface area contributed by atoms with Crippen molar-refractivity contribution < 1.29 is 19.1 Å². The van der Waals surface area contributed by atoms with Gasteiger partial charge in [0, 0.05) is 17.0 Å². The second-order valence-electron chi connectivity index (χ2n) is 7.14. The summed E-state index contributed by atoms with van der Waals surface area (Å²) in [5, 5.41) is 6.36. The monoisotopic (exact) mass is 421 g/mol. The van der Waals surface area contributed by atoms with Crippen LogP contribution in [-0.2, 0) is 17.8 Å². The molecule has 2 aromatic carbocycles. The quantitative estimate of drug-likeness (QED) is 0.659. The molecule has 1 aromatic heterocycles. The fourth-order valence-electron chi connectivity index (χ4n) is 3.66. The molecule has 2 amide bonds. The number of hydrogen-bond acceptors (Lipinski definition) is 6. The molecule has 8 heteroatoms. The Balaban J connectivity index is 1.23. The van der Waals surface area contributed by atoms with Gasteiger partial charge in [-0.25, -0.2) is 4.98 Å². The van der Waals surface area contributed by atoms with Crippen molar-refractivity contribution in [2.45, 2.75) is 25.3 Å². The van der Waals surface area contributed by atoms with Crippen LogP contribution >= 0.6 is 11.3 Å². The predicted octanol–water partition coefficient (Wildman–Crippen LogP) is 3.47. The van der Waals surface area contributed by atoms with Crippen molar-refractivity contribution >= 4 is 28.3 Å². The van der Waals surface area contributed by atoms with E-state index < -0.39 is 0 Å². The van der Waals surface area contributed by atoms with Crippen LogP contribution in [0.2, 0.25) is 0 Å². The molecular weight excluding hydrogens is 402 g/mol. The third kappa shape index (κ3) is 3.61. The molecule has 152 valence electrons. The Labute approximate surface area is 177 Å². The SMILES string of the molecule is O=C(Nc1nc2c(s1)CCC2C(=O)NCc1ccc2c(c1)OCO2)c1ccccc1. The molecule has 0 saturated heterocycles. The summed E-state index contributed by atoms with van der Waals surface area (Å²) in [6, 6.07) is 14.6. The van der Waals surface area contributed by atoms with Crippen LogP contribution in [0.1, 0.15) is 38.8 Å². The molecule has 0 radical (unpaired) electrons. The molecule has 7 nitrogen and oxygen atoms in total. The van der Waals surface area contributed by atoms with Gasteiger partial charge in [-0.2, -0.15) is 0 Å². The second kappa shape index (κ2) is 7.79. The van der Waals surface area contributed by atoms with Crippen molar-refractivity contribution in [3.8, 4) is 11.5 Å². The van der Waals surface area contributed by atoms with E-state index in [1.54, 1.807) is 12.1 Å². The third-order valence-corrected chi connectivity index (χ3v) is 6.24. The maximum atomic E-state index is 12.8. The van der Waals surface area contributed by atoms with Gasteiger partial charge >= 0.3 is 0 Å². The number of aromatic nitrogens is 1. The van der Waals surface area contributed by atoms with Crippen molar-refractivity contribution in [1.82, 2.24) is 10.3 Å². The minimum Gasteiger partial charge on any atom is -0.454 e. The second-order valence-corrected chi connectivity index (χ2v) is 8.23. The minimum atomic E-state index is -0.298. The van der Waals surface area contributed by atoms with Crippen LogP contribution < -0.4 is 20.1 Å². The zero-order valence-electron chi connectivity index (χ0n) is 16.0. The molecule has 1 atom stereocenters. The molecule has 2 N–H and O–H groups in total. The highest BCUT2D eigenvalue weighted by atomic mass is 32.1. The molecule has 1 aliphatic heterocycles. The highest BCUT2D eigenvalue weighted by Gasteiger charge is 2.32. The average Bonchev–Trinajstić information content (AvgIpc) is 3.47. The van der Waals surface area contributed by atoms with Crippen molar-refractivity contribution in [1.29, 1.82) is 0 Å². The van der Waals surface area contributed by atoms with Crippen LogP contribution in [0.5, 0.6) is 11.5 Å². The summed E-state index contributed by atoms with van der Waals surface area (Å²) in [5.74, 6) is 0.860. The Morgan fingerprint density at radius 2 is 1.93 bits per heavy atom. The lowest BCUT2D eigenvalue weighted by atomic mass is 10.1. The molecule has 30 heavy (non-hydrogen) atoms. The van der Waals surface area contributed by atoms with Crippen LogP contribution in [0.3, 0.4) is 0 Å². The van der Waals surface area contributed by atoms with Gasteiger partial charge in [0.2, 0.25) is 12.7 Å². The van der Waals surface area contributed by atoms with Crippen LogP contribution in [0.15, 0.2) is 48.5 Å². The Morgan fingerprint density at radius 1 is 1.10 bits per heavy atom. The van der Waals surface area contributed by atoms with Gasteiger partial charge in [-0.15, -0.1) is 11.3 Å². The van der Waals surface area contributed by atoms with E-state index in [2.05, 4.69) is 15.6 Å². The number of benzene rings is 2. The van der Waals surface area contributed by atoms with Gasteiger partial charge in [-0.1, -0.05) is 24.3 Å². The first kappa shape index (κ1) is 18.6. The zero-order chi connectivity index (χ0) is 20.5. The number of amides is 2. The fraction of sp³-hybridized carbons (Fsp3) is 0.227. The highest BCUT2D eigenvalue weighted by molar-refractivity contribution is 7.16. The molecule has 5 rings (SSSR count). The average molecular weight is 421 g/mol. The van der Waals surface area contributed by atoms with Gasteiger partial charge in [-0.3, -0.25) is 14.9 Å². The molecule has 1 aliphatic carbocycles. The number of anilines is 1. The molecule has 2 heterocycles. The largest absolute Gasteiger partial charge is 0.454 e. The van der Waals surface area contributed by atoms with Crippen LogP contribution in [-0.4, -0.2) is 23.6 Å². The smallest absolute Gasteiger partial charge is 0.257 e. The number of thiazole rings is 1. The molecule has 1 unspecified atom stereocenters. The Hall–Kier alpha value is -3.39. The van der Waals surface area contributed by atoms with E-state index in [9.17, 15) is 9.59 Å². The Bertz CT molecular complexity index is 1110. The summed E-state index contributed by atoms with van der Waals surface area (Å²) in [6.45, 7) is 0.631. The topological polar surface area (TPSA) is 89.6 Å². The highest BCUT2D eigenvalue weighted by Crippen LogP contribution is 2.38. The minimum absolute atomic E-state index is 0.0577. The fourth-order valence-corrected chi connectivity index (χ4v) is 4.69. The molecule has 3 aromatic rings. The number of carbonyl (C=O) groups is 2. The molecule has 0 fully saturated rings. The number of rotatable bonds is 5. The summed E-state index contributed by atoms with van der Waals surface area (Å²) in [7, 11) is 0. The molecule has 0 bridgehead atoms. The molecule has 2 aliphatic rings. The number of aryl methyl sites for hydroxylation is 1. The normalized spacial score (nSPS) is 16.2. The summed E-state index contributed by atoms with van der Waals surface area (Å²) in [4.78, 5) is 30.7. The maximum Gasteiger partial charge on any atom is 0.257 e. The number of nitrogens with zero attached hydrogens (tertiary/aromatic N) is 1. The summed E-state index contributed by atoms with van der Waals surface area (Å²) in [5.41, 5.74) is 2.29. The van der Waals surface area contributed by atoms with Crippen molar-refractivity contribution in [3.63, 3.8) is 0 Å². The van der Waals surface area contributed by atoms with Crippen molar-refractivity contribution in [2.75, 3.05) is 12.1 Å². The lowest BCUT2D eigenvalue weighted by molar-refractivity contribution is -0.122. The van der Waals surface area contributed by atoms with Gasteiger partial charge < -0.3 is 14.8 Å². The van der Waals surface area contributed by atoms with E-state index in [1.807, 2.05) is 36.4 Å². The van der Waals surface area contributed by atoms with E-state index in [0.717, 1.165) is 34.7 Å². The number of fused-ring (bicyclic) bond motifs is 2. The number of carbonyl (C=O) groups excluding carboxylic acids is 2. The van der Waals surface area contributed by atoms with E-state index in [0.29, 0.717) is 23.0 Å². The van der Waals surface area contributed by atoms with Crippen LogP contribution in [0, 0.1) is 0 Å². The molecule has 0 saturated carbocycles. The van der Waals surface area contributed by atoms with Gasteiger partial charge in [0.1, 0.15) is 0 Å². The van der Waals surface area contributed by atoms with E-state index in [1.165, 1.54) is 11.3 Å². The first-order valence-electron chi connectivity index (χ1n) is 9.69. The van der Waals surface area contributed by atoms with E-state index >= 15 is 0 Å². The standard InChI is InChI=1S/C22H19N3O4S/c26-20(14-4-2-1-3-5-14)25-22-24-19-15(7-9-18(19)30-22)21(27)23-11-13-6-8-16-17(10-13)29-12-28-16/h1-6,8,10,15H,7,9,11-12H2,(H,23,27)(H,24,25,26). The molecular formula is C22H19N3O4S. The summed E-state index contributed by atoms with van der Waals surface area (Å²) < 4.78 is 10.7. The predicted molar refractivity (Wildman–Crippen MR) is 112 cm³/mol. The number of nitrogens with one attached hydrogen (secondary N) is 2. The lowest BCUT2D eigenvalue weighted by Gasteiger charge is -2.11. The van der Waals surface area contributed by atoms with Gasteiger partial charge in [-0.05, 0) is 42.7 Å². The van der Waals surface area contributed by atoms with Gasteiger partial charge in [0.05, 0.1) is 11.6 Å². The Morgan fingerprint density at radius 3 is 2.80 bits per heavy atom. The zero-order valence-corrected chi connectivity index (χ0v) is 16.8. The van der Waals surface area contributed by atoms with Crippen molar-refractivity contribution in [2.24, 2.45) is 0 Å². The van der Waals surface area contributed by atoms with Gasteiger partial charge in [0.15, 0.2) is 16.6 Å². The third-order valence-electron chi connectivity index (χ3n) is 5.19. The first-order valence-corrected chi connectivity index (χ1v) is 10.5. The number of hydrogen-bond donors (Lipinski definition) is 2. The summed E-state index contributed by atoms with van der Waals surface area (Å²) >= 11 is 1.44.